The van der Waals surface area contributed by atoms with Gasteiger partial charge in [-0.15, -0.1) is 0 Å². The van der Waals surface area contributed by atoms with E-state index in [0.29, 0.717) is 29.7 Å². The van der Waals surface area contributed by atoms with Crippen molar-refractivity contribution < 1.29 is 19.0 Å². The van der Waals surface area contributed by atoms with Crippen LogP contribution < -0.4 is 14.8 Å². The van der Waals surface area contributed by atoms with E-state index in [1.165, 1.54) is 7.11 Å². The SMILES string of the molecule is COC(=O)C(C)(COc1ccccc1)NCCOc1ccc(Cl)cc1. The molecule has 2 aromatic carbocycles. The molecule has 0 aliphatic heterocycles. The fourth-order valence-electron chi connectivity index (χ4n) is 2.18. The lowest BCUT2D eigenvalue weighted by atomic mass is 10.0. The van der Waals surface area contributed by atoms with Gasteiger partial charge in [-0.25, -0.2) is 4.79 Å². The number of para-hydroxylation sites is 1. The smallest absolute Gasteiger partial charge is 0.329 e. The number of ether oxygens (including phenoxy) is 3. The number of esters is 1. The molecular weight excluding hydrogens is 342 g/mol. The maximum absolute atomic E-state index is 12.1. The molecule has 0 aromatic heterocycles. The molecule has 2 aromatic rings. The lowest BCUT2D eigenvalue weighted by Crippen LogP contribution is -2.55. The van der Waals surface area contributed by atoms with E-state index in [2.05, 4.69) is 5.32 Å². The predicted octanol–water partition coefficient (Wildman–Crippen LogP) is 3.32. The molecule has 0 amide bonds. The number of nitrogens with one attached hydrogen (secondary N) is 1. The third-order valence-electron chi connectivity index (χ3n) is 3.61. The van der Waals surface area contributed by atoms with Crippen molar-refractivity contribution >= 4 is 17.6 Å². The second-order valence-corrected chi connectivity index (χ2v) is 6.09. The molecule has 1 N–H and O–H groups in total. The van der Waals surface area contributed by atoms with Crippen molar-refractivity contribution in [2.75, 3.05) is 26.9 Å². The quantitative estimate of drug-likeness (QED) is 0.547. The summed E-state index contributed by atoms with van der Waals surface area (Å²) in [7, 11) is 1.36. The molecule has 6 heteroatoms. The molecule has 0 saturated carbocycles. The highest BCUT2D eigenvalue weighted by molar-refractivity contribution is 6.30. The Kier molecular flexibility index (Phi) is 7.10. The maximum atomic E-state index is 12.1. The number of hydrogen-bond acceptors (Lipinski definition) is 5. The summed E-state index contributed by atoms with van der Waals surface area (Å²) in [5.41, 5.74) is -0.978. The van der Waals surface area contributed by atoms with E-state index in [-0.39, 0.29) is 6.61 Å². The summed E-state index contributed by atoms with van der Waals surface area (Å²) < 4.78 is 16.2. The summed E-state index contributed by atoms with van der Waals surface area (Å²) in [4.78, 5) is 12.1. The Morgan fingerprint density at radius 2 is 1.68 bits per heavy atom. The van der Waals surface area contributed by atoms with Gasteiger partial charge in [0, 0.05) is 11.6 Å². The standard InChI is InChI=1S/C19H22ClNO4/c1-19(18(22)23-2,14-25-16-6-4-3-5-7-16)21-12-13-24-17-10-8-15(20)9-11-17/h3-11,21H,12-14H2,1-2H3. The fourth-order valence-corrected chi connectivity index (χ4v) is 2.30. The van der Waals surface area contributed by atoms with Crippen LogP contribution in [0.15, 0.2) is 54.6 Å². The minimum absolute atomic E-state index is 0.143. The normalized spacial score (nSPS) is 12.9. The average Bonchev–Trinajstić information content (AvgIpc) is 2.65. The van der Waals surface area contributed by atoms with E-state index in [4.69, 9.17) is 25.8 Å². The van der Waals surface area contributed by atoms with Crippen molar-refractivity contribution in [1.82, 2.24) is 5.32 Å². The van der Waals surface area contributed by atoms with Gasteiger partial charge >= 0.3 is 5.97 Å². The van der Waals surface area contributed by atoms with Crippen LogP contribution >= 0.6 is 11.6 Å². The molecule has 0 radical (unpaired) electrons. The number of halogens is 1. The van der Waals surface area contributed by atoms with Gasteiger partial charge < -0.3 is 14.2 Å². The van der Waals surface area contributed by atoms with Crippen molar-refractivity contribution in [3.05, 3.63) is 59.6 Å². The number of methoxy groups -OCH3 is 1. The predicted molar refractivity (Wildman–Crippen MR) is 97.3 cm³/mol. The topological polar surface area (TPSA) is 56.8 Å². The maximum Gasteiger partial charge on any atom is 0.329 e. The molecule has 1 atom stereocenters. The summed E-state index contributed by atoms with van der Waals surface area (Å²) in [6.45, 7) is 2.72. The first kappa shape index (κ1) is 19.1. The molecule has 2 rings (SSSR count). The van der Waals surface area contributed by atoms with Gasteiger partial charge in [-0.2, -0.15) is 0 Å². The van der Waals surface area contributed by atoms with Gasteiger partial charge in [0.25, 0.3) is 0 Å². The molecule has 0 saturated heterocycles. The van der Waals surface area contributed by atoms with E-state index >= 15 is 0 Å². The highest BCUT2D eigenvalue weighted by Crippen LogP contribution is 2.16. The van der Waals surface area contributed by atoms with Crippen molar-refractivity contribution in [2.45, 2.75) is 12.5 Å². The Balaban J connectivity index is 1.86. The first-order valence-electron chi connectivity index (χ1n) is 7.93. The van der Waals surface area contributed by atoms with Gasteiger partial charge in [0.05, 0.1) is 7.11 Å². The lowest BCUT2D eigenvalue weighted by Gasteiger charge is -2.28. The van der Waals surface area contributed by atoms with E-state index in [1.54, 1.807) is 31.2 Å². The number of benzene rings is 2. The average molecular weight is 364 g/mol. The molecule has 0 fully saturated rings. The largest absolute Gasteiger partial charge is 0.492 e. The highest BCUT2D eigenvalue weighted by atomic mass is 35.5. The van der Waals surface area contributed by atoms with Crippen LogP contribution in [-0.2, 0) is 9.53 Å². The first-order valence-corrected chi connectivity index (χ1v) is 8.31. The van der Waals surface area contributed by atoms with Crippen molar-refractivity contribution in [3.63, 3.8) is 0 Å². The van der Waals surface area contributed by atoms with Gasteiger partial charge in [-0.1, -0.05) is 29.8 Å². The van der Waals surface area contributed by atoms with Gasteiger partial charge in [-0.05, 0) is 43.3 Å². The minimum Gasteiger partial charge on any atom is -0.492 e. The second kappa shape index (κ2) is 9.30. The van der Waals surface area contributed by atoms with Crippen molar-refractivity contribution in [2.24, 2.45) is 0 Å². The van der Waals surface area contributed by atoms with Crippen LogP contribution in [0, 0.1) is 0 Å². The Labute approximate surface area is 152 Å². The highest BCUT2D eigenvalue weighted by Gasteiger charge is 2.35. The van der Waals surface area contributed by atoms with E-state index in [9.17, 15) is 4.79 Å². The first-order chi connectivity index (χ1) is 12.0. The molecule has 1 unspecified atom stereocenters. The van der Waals surface area contributed by atoms with Crippen LogP contribution in [0.1, 0.15) is 6.92 Å². The van der Waals surface area contributed by atoms with E-state index in [0.717, 1.165) is 0 Å². The molecule has 5 nitrogen and oxygen atoms in total. The number of hydrogen-bond donors (Lipinski definition) is 1. The molecule has 25 heavy (non-hydrogen) atoms. The van der Waals surface area contributed by atoms with Gasteiger partial charge in [-0.3, -0.25) is 5.32 Å². The molecule has 0 aliphatic rings. The fraction of sp³-hybridized carbons (Fsp3) is 0.316. The second-order valence-electron chi connectivity index (χ2n) is 5.65. The molecule has 0 heterocycles. The van der Waals surface area contributed by atoms with Crippen molar-refractivity contribution in [1.29, 1.82) is 0 Å². The zero-order chi connectivity index (χ0) is 18.1. The van der Waals surface area contributed by atoms with Crippen LogP contribution in [0.2, 0.25) is 5.02 Å². The van der Waals surface area contributed by atoms with E-state index < -0.39 is 11.5 Å². The third kappa shape index (κ3) is 5.96. The van der Waals surface area contributed by atoms with Crippen molar-refractivity contribution in [3.8, 4) is 11.5 Å². The molecular formula is C19H22ClNO4. The Hall–Kier alpha value is -2.24. The van der Waals surface area contributed by atoms with Gasteiger partial charge in [0.15, 0.2) is 0 Å². The zero-order valence-electron chi connectivity index (χ0n) is 14.3. The zero-order valence-corrected chi connectivity index (χ0v) is 15.1. The Morgan fingerprint density at radius 3 is 2.32 bits per heavy atom. The molecule has 0 aliphatic carbocycles. The number of carbonyl (C=O) groups excluding carboxylic acids is 1. The summed E-state index contributed by atoms with van der Waals surface area (Å²) in [6.07, 6.45) is 0. The van der Waals surface area contributed by atoms with Crippen LogP contribution in [0.25, 0.3) is 0 Å². The molecule has 0 spiro atoms. The lowest BCUT2D eigenvalue weighted by molar-refractivity contribution is -0.149. The van der Waals surface area contributed by atoms with Gasteiger partial charge in [0.2, 0.25) is 0 Å². The minimum atomic E-state index is -0.978. The van der Waals surface area contributed by atoms with Gasteiger partial charge in [0.1, 0.15) is 30.3 Å². The summed E-state index contributed by atoms with van der Waals surface area (Å²) in [5.74, 6) is 1.01. The monoisotopic (exact) mass is 363 g/mol. The van der Waals surface area contributed by atoms with Crippen LogP contribution in [0.4, 0.5) is 0 Å². The van der Waals surface area contributed by atoms with Crippen LogP contribution in [0.3, 0.4) is 0 Å². The molecule has 134 valence electrons. The number of rotatable bonds is 9. The number of carbonyl (C=O) groups is 1. The van der Waals surface area contributed by atoms with E-state index in [1.807, 2.05) is 30.3 Å². The van der Waals surface area contributed by atoms with Crippen LogP contribution in [0.5, 0.6) is 11.5 Å². The Bertz CT molecular complexity index is 663. The van der Waals surface area contributed by atoms with Crippen LogP contribution in [-0.4, -0.2) is 38.4 Å². The summed E-state index contributed by atoms with van der Waals surface area (Å²) in [5, 5.41) is 3.80. The third-order valence-corrected chi connectivity index (χ3v) is 3.86. The summed E-state index contributed by atoms with van der Waals surface area (Å²) >= 11 is 5.84. The Morgan fingerprint density at radius 1 is 1.04 bits per heavy atom. The summed E-state index contributed by atoms with van der Waals surface area (Å²) in [6, 6.07) is 16.4. The molecule has 0 bridgehead atoms.